The lowest BCUT2D eigenvalue weighted by molar-refractivity contribution is -0.385. The van der Waals surface area contributed by atoms with Crippen LogP contribution >= 0.6 is 0 Å². The third-order valence-corrected chi connectivity index (χ3v) is 2.68. The summed E-state index contributed by atoms with van der Waals surface area (Å²) in [7, 11) is 0. The molecule has 3 N–H and O–H groups in total. The van der Waals surface area contributed by atoms with Crippen molar-refractivity contribution in [3.8, 4) is 0 Å². The Balaban J connectivity index is 2.15. The number of nitrogens with two attached hydrogens (primary N) is 1. The van der Waals surface area contributed by atoms with E-state index in [1.54, 1.807) is 24.3 Å². The zero-order valence-corrected chi connectivity index (χ0v) is 10.4. The summed E-state index contributed by atoms with van der Waals surface area (Å²) in [6.45, 7) is 0.263. The third kappa shape index (κ3) is 3.08. The predicted octanol–water partition coefficient (Wildman–Crippen LogP) is 1.70. The van der Waals surface area contributed by atoms with E-state index in [0.29, 0.717) is 11.3 Å². The molecule has 102 valence electrons. The SMILES string of the molecule is NC(=O)c1cc(NCc2ccccc2[N+](=O)[O-])ccn1. The minimum Gasteiger partial charge on any atom is -0.381 e. The average Bonchev–Trinajstić information content (AvgIpc) is 2.45. The molecule has 0 aliphatic heterocycles. The fourth-order valence-electron chi connectivity index (χ4n) is 1.71. The van der Waals surface area contributed by atoms with Gasteiger partial charge in [-0.25, -0.2) is 0 Å². The maximum atomic E-state index is 11.0. The molecule has 1 heterocycles. The van der Waals surface area contributed by atoms with Crippen LogP contribution in [0.4, 0.5) is 11.4 Å². The van der Waals surface area contributed by atoms with Crippen LogP contribution in [0.5, 0.6) is 0 Å². The van der Waals surface area contributed by atoms with Crippen LogP contribution in [0.25, 0.3) is 0 Å². The van der Waals surface area contributed by atoms with Crippen molar-refractivity contribution in [2.75, 3.05) is 5.32 Å². The molecule has 0 spiro atoms. The number of nitrogens with zero attached hydrogens (tertiary/aromatic N) is 2. The molecular formula is C13H12N4O3. The van der Waals surface area contributed by atoms with Gasteiger partial charge in [0.25, 0.3) is 11.6 Å². The molecular weight excluding hydrogens is 260 g/mol. The van der Waals surface area contributed by atoms with Crippen molar-refractivity contribution in [1.29, 1.82) is 0 Å². The van der Waals surface area contributed by atoms with Crippen molar-refractivity contribution in [2.45, 2.75) is 6.54 Å². The first-order valence-electron chi connectivity index (χ1n) is 5.80. The highest BCUT2D eigenvalue weighted by Gasteiger charge is 2.12. The third-order valence-electron chi connectivity index (χ3n) is 2.68. The van der Waals surface area contributed by atoms with Gasteiger partial charge >= 0.3 is 0 Å². The summed E-state index contributed by atoms with van der Waals surface area (Å²) in [4.78, 5) is 25.3. The number of nitro groups is 1. The predicted molar refractivity (Wildman–Crippen MR) is 73.2 cm³/mol. The normalized spacial score (nSPS) is 10.0. The highest BCUT2D eigenvalue weighted by Crippen LogP contribution is 2.19. The number of anilines is 1. The molecule has 7 heteroatoms. The first kappa shape index (κ1) is 13.5. The van der Waals surface area contributed by atoms with Crippen LogP contribution in [-0.2, 0) is 6.54 Å². The fourth-order valence-corrected chi connectivity index (χ4v) is 1.71. The average molecular weight is 272 g/mol. The summed E-state index contributed by atoms with van der Waals surface area (Å²) >= 11 is 0. The number of amides is 1. The lowest BCUT2D eigenvalue weighted by atomic mass is 10.2. The fraction of sp³-hybridized carbons (Fsp3) is 0.0769. The number of pyridine rings is 1. The zero-order chi connectivity index (χ0) is 14.5. The van der Waals surface area contributed by atoms with Crippen molar-refractivity contribution in [2.24, 2.45) is 5.73 Å². The topological polar surface area (TPSA) is 111 Å². The summed E-state index contributed by atoms with van der Waals surface area (Å²) in [5.74, 6) is -0.626. The van der Waals surface area contributed by atoms with E-state index in [0.717, 1.165) is 0 Å². The van der Waals surface area contributed by atoms with Gasteiger partial charge in [0.15, 0.2) is 0 Å². The van der Waals surface area contributed by atoms with Crippen LogP contribution in [0.2, 0.25) is 0 Å². The quantitative estimate of drug-likeness (QED) is 0.635. The smallest absolute Gasteiger partial charge is 0.274 e. The second-order valence-corrected chi connectivity index (χ2v) is 4.03. The van der Waals surface area contributed by atoms with Crippen molar-refractivity contribution >= 4 is 17.3 Å². The number of hydrogen-bond acceptors (Lipinski definition) is 5. The molecule has 0 aliphatic carbocycles. The molecule has 0 radical (unpaired) electrons. The highest BCUT2D eigenvalue weighted by atomic mass is 16.6. The van der Waals surface area contributed by atoms with E-state index in [9.17, 15) is 14.9 Å². The van der Waals surface area contributed by atoms with Crippen LogP contribution in [0.1, 0.15) is 16.1 Å². The number of hydrogen-bond donors (Lipinski definition) is 2. The summed E-state index contributed by atoms with van der Waals surface area (Å²) < 4.78 is 0. The molecule has 7 nitrogen and oxygen atoms in total. The van der Waals surface area contributed by atoms with Gasteiger partial charge in [-0.3, -0.25) is 19.9 Å². The minimum absolute atomic E-state index is 0.0455. The van der Waals surface area contributed by atoms with Gasteiger partial charge in [0.05, 0.1) is 4.92 Å². The number of primary amides is 1. The number of carbonyl (C=O) groups is 1. The van der Waals surface area contributed by atoms with Gasteiger partial charge in [0.1, 0.15) is 5.69 Å². The molecule has 0 saturated heterocycles. The van der Waals surface area contributed by atoms with Gasteiger partial charge in [0, 0.05) is 30.1 Å². The summed E-state index contributed by atoms with van der Waals surface area (Å²) in [5, 5.41) is 13.9. The van der Waals surface area contributed by atoms with Crippen molar-refractivity contribution in [3.63, 3.8) is 0 Å². The number of rotatable bonds is 5. The maximum Gasteiger partial charge on any atom is 0.274 e. The summed E-state index contributed by atoms with van der Waals surface area (Å²) in [6.07, 6.45) is 1.45. The minimum atomic E-state index is -0.626. The molecule has 0 fully saturated rings. The van der Waals surface area contributed by atoms with Crippen LogP contribution < -0.4 is 11.1 Å². The molecule has 0 atom stereocenters. The summed E-state index contributed by atoms with van der Waals surface area (Å²) in [6, 6.07) is 9.60. The second-order valence-electron chi connectivity index (χ2n) is 4.03. The molecule has 0 unspecified atom stereocenters. The molecule has 0 bridgehead atoms. The Kier molecular flexibility index (Phi) is 3.90. The molecule has 1 aromatic heterocycles. The Hall–Kier alpha value is -2.96. The van der Waals surface area contributed by atoms with Crippen LogP contribution in [0.3, 0.4) is 0 Å². The highest BCUT2D eigenvalue weighted by molar-refractivity contribution is 5.91. The van der Waals surface area contributed by atoms with E-state index in [-0.39, 0.29) is 17.9 Å². The zero-order valence-electron chi connectivity index (χ0n) is 10.4. The molecule has 0 saturated carbocycles. The van der Waals surface area contributed by atoms with Crippen molar-refractivity contribution in [1.82, 2.24) is 4.98 Å². The Morgan fingerprint density at radius 2 is 2.10 bits per heavy atom. The van der Waals surface area contributed by atoms with Crippen LogP contribution in [0.15, 0.2) is 42.6 Å². The van der Waals surface area contributed by atoms with E-state index in [1.165, 1.54) is 18.3 Å². The Morgan fingerprint density at radius 1 is 1.35 bits per heavy atom. The number of nitrogens with one attached hydrogen (secondary N) is 1. The van der Waals surface area contributed by atoms with Gasteiger partial charge in [0.2, 0.25) is 0 Å². The molecule has 2 aromatic rings. The first-order chi connectivity index (χ1) is 9.58. The number of carbonyl (C=O) groups excluding carboxylic acids is 1. The van der Waals surface area contributed by atoms with E-state index in [1.807, 2.05) is 0 Å². The monoisotopic (exact) mass is 272 g/mol. The van der Waals surface area contributed by atoms with Gasteiger partial charge in [-0.15, -0.1) is 0 Å². The van der Waals surface area contributed by atoms with Crippen LogP contribution in [-0.4, -0.2) is 15.8 Å². The lowest BCUT2D eigenvalue weighted by Gasteiger charge is -2.07. The summed E-state index contributed by atoms with van der Waals surface area (Å²) in [5.41, 5.74) is 6.49. The second kappa shape index (κ2) is 5.79. The standard InChI is InChI=1S/C13H12N4O3/c14-13(18)11-7-10(5-6-15-11)16-8-9-3-1-2-4-12(9)17(19)20/h1-7H,8H2,(H2,14,18)(H,15,16). The molecule has 20 heavy (non-hydrogen) atoms. The number of para-hydroxylation sites is 1. The Bertz CT molecular complexity index is 658. The van der Waals surface area contributed by atoms with Gasteiger partial charge in [-0.05, 0) is 12.1 Å². The van der Waals surface area contributed by atoms with Gasteiger partial charge in [-0.2, -0.15) is 0 Å². The van der Waals surface area contributed by atoms with Crippen LogP contribution in [0, 0.1) is 10.1 Å². The van der Waals surface area contributed by atoms with Gasteiger partial charge in [-0.1, -0.05) is 18.2 Å². The van der Waals surface area contributed by atoms with Gasteiger partial charge < -0.3 is 11.1 Å². The molecule has 1 aromatic carbocycles. The van der Waals surface area contributed by atoms with Crippen molar-refractivity contribution in [3.05, 3.63) is 64.0 Å². The maximum absolute atomic E-state index is 11.0. The van der Waals surface area contributed by atoms with E-state index in [4.69, 9.17) is 5.73 Å². The Morgan fingerprint density at radius 3 is 2.80 bits per heavy atom. The van der Waals surface area contributed by atoms with Crippen molar-refractivity contribution < 1.29 is 9.72 Å². The number of benzene rings is 1. The Labute approximate surface area is 114 Å². The molecule has 2 rings (SSSR count). The number of aromatic nitrogens is 1. The first-order valence-corrected chi connectivity index (χ1v) is 5.80. The molecule has 1 amide bonds. The molecule has 0 aliphatic rings. The van der Waals surface area contributed by atoms with E-state index < -0.39 is 10.8 Å². The van der Waals surface area contributed by atoms with E-state index >= 15 is 0 Å². The van der Waals surface area contributed by atoms with E-state index in [2.05, 4.69) is 10.3 Å². The lowest BCUT2D eigenvalue weighted by Crippen LogP contribution is -2.13. The largest absolute Gasteiger partial charge is 0.381 e. The number of nitro benzene ring substituents is 1.